The normalized spacial score (nSPS) is 13.9. The van der Waals surface area contributed by atoms with Gasteiger partial charge in [0.1, 0.15) is 6.54 Å². The monoisotopic (exact) mass is 417 g/mol. The second kappa shape index (κ2) is 9.04. The predicted molar refractivity (Wildman–Crippen MR) is 124 cm³/mol. The van der Waals surface area contributed by atoms with Crippen molar-refractivity contribution in [3.05, 3.63) is 82.3 Å². The van der Waals surface area contributed by atoms with Gasteiger partial charge in [0.15, 0.2) is 0 Å². The number of hydrogen-bond donors (Lipinski definition) is 1. The molecule has 1 aromatic heterocycles. The van der Waals surface area contributed by atoms with Gasteiger partial charge in [0, 0.05) is 49.3 Å². The topological polar surface area (TPSA) is 70.5 Å². The van der Waals surface area contributed by atoms with Gasteiger partial charge in [-0.25, -0.2) is 4.98 Å². The number of carbonyl (C=O) groups excluding carboxylic acids is 1. The van der Waals surface area contributed by atoms with E-state index < -0.39 is 0 Å². The summed E-state index contributed by atoms with van der Waals surface area (Å²) in [5.74, 6) is 0.303. The number of nitrogens with one attached hydrogen (secondary N) is 1. The molecule has 31 heavy (non-hydrogen) atoms. The standard InChI is InChI=1S/C24H27N5O2/c1-18-8-10-20(11-9-18)26-22(30)17-29-23(31)16-19(2)25-24(29)28-14-12-27(13-15-28)21-6-4-3-5-7-21/h3-11,16H,12-15,17H2,1-2H3,(H,26,30). The number of piperazine rings is 1. The van der Waals surface area contributed by atoms with Gasteiger partial charge in [-0.1, -0.05) is 35.9 Å². The van der Waals surface area contributed by atoms with Crippen molar-refractivity contribution in [2.24, 2.45) is 0 Å². The van der Waals surface area contributed by atoms with E-state index in [4.69, 9.17) is 0 Å². The summed E-state index contributed by atoms with van der Waals surface area (Å²) < 4.78 is 1.47. The molecule has 7 heteroatoms. The Balaban J connectivity index is 1.50. The largest absolute Gasteiger partial charge is 0.368 e. The summed E-state index contributed by atoms with van der Waals surface area (Å²) in [4.78, 5) is 34.4. The van der Waals surface area contributed by atoms with Gasteiger partial charge in [-0.2, -0.15) is 0 Å². The average molecular weight is 418 g/mol. The third kappa shape index (κ3) is 4.94. The Morgan fingerprint density at radius 2 is 1.58 bits per heavy atom. The molecule has 7 nitrogen and oxygen atoms in total. The molecule has 1 aliphatic rings. The maximum absolute atomic E-state index is 12.7. The van der Waals surface area contributed by atoms with Gasteiger partial charge in [-0.3, -0.25) is 14.2 Å². The molecule has 4 rings (SSSR count). The highest BCUT2D eigenvalue weighted by atomic mass is 16.2. The first-order valence-electron chi connectivity index (χ1n) is 10.5. The van der Waals surface area contributed by atoms with Crippen LogP contribution in [-0.2, 0) is 11.3 Å². The van der Waals surface area contributed by atoms with Crippen LogP contribution in [-0.4, -0.2) is 41.6 Å². The number of anilines is 3. The van der Waals surface area contributed by atoms with E-state index >= 15 is 0 Å². The minimum atomic E-state index is -0.249. The zero-order valence-electron chi connectivity index (χ0n) is 17.9. The van der Waals surface area contributed by atoms with Crippen LogP contribution < -0.4 is 20.7 Å². The van der Waals surface area contributed by atoms with Crippen molar-refractivity contribution in [3.63, 3.8) is 0 Å². The van der Waals surface area contributed by atoms with E-state index in [1.54, 1.807) is 0 Å². The molecule has 160 valence electrons. The highest BCUT2D eigenvalue weighted by molar-refractivity contribution is 5.90. The summed E-state index contributed by atoms with van der Waals surface area (Å²) in [5, 5.41) is 2.86. The molecule has 2 aromatic carbocycles. The van der Waals surface area contributed by atoms with Crippen LogP contribution in [0.2, 0.25) is 0 Å². The SMILES string of the molecule is Cc1ccc(NC(=O)Cn2c(N3CCN(c4ccccc4)CC3)nc(C)cc2=O)cc1. The first kappa shape index (κ1) is 20.7. The van der Waals surface area contributed by atoms with E-state index in [2.05, 4.69) is 32.2 Å². The molecule has 1 aliphatic heterocycles. The van der Waals surface area contributed by atoms with Crippen LogP contribution in [0.5, 0.6) is 0 Å². The van der Waals surface area contributed by atoms with Gasteiger partial charge in [0.25, 0.3) is 5.56 Å². The lowest BCUT2D eigenvalue weighted by molar-refractivity contribution is -0.116. The molecule has 1 fully saturated rings. The van der Waals surface area contributed by atoms with Gasteiger partial charge in [-0.15, -0.1) is 0 Å². The van der Waals surface area contributed by atoms with Gasteiger partial charge < -0.3 is 15.1 Å². The fourth-order valence-electron chi connectivity index (χ4n) is 3.78. The van der Waals surface area contributed by atoms with Crippen molar-refractivity contribution in [2.75, 3.05) is 41.3 Å². The zero-order chi connectivity index (χ0) is 21.8. The summed E-state index contributed by atoms with van der Waals surface area (Å²) >= 11 is 0. The minimum Gasteiger partial charge on any atom is -0.368 e. The van der Waals surface area contributed by atoms with E-state index in [1.165, 1.54) is 16.3 Å². The summed E-state index contributed by atoms with van der Waals surface area (Å²) in [6.07, 6.45) is 0. The molecule has 2 heterocycles. The van der Waals surface area contributed by atoms with Crippen LogP contribution in [0, 0.1) is 13.8 Å². The molecule has 3 aromatic rings. The van der Waals surface area contributed by atoms with Crippen molar-refractivity contribution in [1.82, 2.24) is 9.55 Å². The quantitative estimate of drug-likeness (QED) is 0.691. The average Bonchev–Trinajstić information content (AvgIpc) is 2.78. The Kier molecular flexibility index (Phi) is 6.02. The molecule has 0 bridgehead atoms. The van der Waals surface area contributed by atoms with Crippen LogP contribution in [0.25, 0.3) is 0 Å². The Morgan fingerprint density at radius 1 is 0.935 bits per heavy atom. The third-order valence-corrected chi connectivity index (χ3v) is 5.44. The number of carbonyl (C=O) groups is 1. The third-order valence-electron chi connectivity index (χ3n) is 5.44. The van der Waals surface area contributed by atoms with Crippen LogP contribution >= 0.6 is 0 Å². The van der Waals surface area contributed by atoms with Crippen molar-refractivity contribution >= 4 is 23.2 Å². The van der Waals surface area contributed by atoms with E-state index in [0.29, 0.717) is 17.3 Å². The molecular formula is C24H27N5O2. The molecule has 0 unspecified atom stereocenters. The fourth-order valence-corrected chi connectivity index (χ4v) is 3.78. The van der Waals surface area contributed by atoms with Gasteiger partial charge in [0.2, 0.25) is 11.9 Å². The summed E-state index contributed by atoms with van der Waals surface area (Å²) in [6.45, 7) is 6.82. The lowest BCUT2D eigenvalue weighted by Crippen LogP contribution is -2.48. The number of para-hydroxylation sites is 1. The highest BCUT2D eigenvalue weighted by Gasteiger charge is 2.22. The van der Waals surface area contributed by atoms with Gasteiger partial charge in [0.05, 0.1) is 0 Å². The molecule has 0 atom stereocenters. The first-order chi connectivity index (χ1) is 15.0. The lowest BCUT2D eigenvalue weighted by Gasteiger charge is -2.37. The van der Waals surface area contributed by atoms with Gasteiger partial charge >= 0.3 is 0 Å². The van der Waals surface area contributed by atoms with E-state index in [1.807, 2.05) is 56.3 Å². The molecule has 1 N–H and O–H groups in total. The molecule has 1 saturated heterocycles. The van der Waals surface area contributed by atoms with Crippen LogP contribution in [0.4, 0.5) is 17.3 Å². The van der Waals surface area contributed by atoms with Crippen LogP contribution in [0.15, 0.2) is 65.5 Å². The number of rotatable bonds is 5. The van der Waals surface area contributed by atoms with Crippen molar-refractivity contribution in [1.29, 1.82) is 0 Å². The number of aromatic nitrogens is 2. The van der Waals surface area contributed by atoms with Crippen molar-refractivity contribution in [2.45, 2.75) is 20.4 Å². The number of amides is 1. The second-order valence-corrected chi connectivity index (χ2v) is 7.85. The van der Waals surface area contributed by atoms with Crippen molar-refractivity contribution < 1.29 is 4.79 Å². The number of aryl methyl sites for hydroxylation is 2. The molecular weight excluding hydrogens is 390 g/mol. The minimum absolute atomic E-state index is 0.0752. The second-order valence-electron chi connectivity index (χ2n) is 7.85. The van der Waals surface area contributed by atoms with Crippen LogP contribution in [0.1, 0.15) is 11.3 Å². The number of nitrogens with zero attached hydrogens (tertiary/aromatic N) is 4. The number of hydrogen-bond acceptors (Lipinski definition) is 5. The molecule has 0 spiro atoms. The molecule has 1 amide bonds. The summed E-state index contributed by atoms with van der Waals surface area (Å²) in [5.41, 5.74) is 3.46. The van der Waals surface area contributed by atoms with E-state index in [9.17, 15) is 9.59 Å². The smallest absolute Gasteiger partial charge is 0.255 e. The lowest BCUT2D eigenvalue weighted by atomic mass is 10.2. The van der Waals surface area contributed by atoms with Crippen molar-refractivity contribution in [3.8, 4) is 0 Å². The predicted octanol–water partition coefficient (Wildman–Crippen LogP) is 2.83. The molecule has 0 saturated carbocycles. The van der Waals surface area contributed by atoms with Crippen LogP contribution in [0.3, 0.4) is 0 Å². The summed E-state index contributed by atoms with van der Waals surface area (Å²) in [7, 11) is 0. The maximum Gasteiger partial charge on any atom is 0.255 e. The highest BCUT2D eigenvalue weighted by Crippen LogP contribution is 2.19. The van der Waals surface area contributed by atoms with E-state index in [0.717, 1.165) is 31.7 Å². The maximum atomic E-state index is 12.7. The zero-order valence-corrected chi connectivity index (χ0v) is 17.9. The summed E-state index contributed by atoms with van der Waals surface area (Å²) in [6, 6.07) is 19.3. The molecule has 0 radical (unpaired) electrons. The Bertz CT molecular complexity index is 1100. The Morgan fingerprint density at radius 3 is 2.26 bits per heavy atom. The first-order valence-corrected chi connectivity index (χ1v) is 10.5. The molecule has 0 aliphatic carbocycles. The van der Waals surface area contributed by atoms with Gasteiger partial charge in [-0.05, 0) is 38.1 Å². The van der Waals surface area contributed by atoms with E-state index in [-0.39, 0.29) is 18.0 Å². The Hall–Kier alpha value is -3.61. The number of benzene rings is 2. The fraction of sp³-hybridized carbons (Fsp3) is 0.292. The Labute approximate surface area is 182 Å².